The molecule has 1 heterocycles. The van der Waals surface area contributed by atoms with Gasteiger partial charge in [-0.15, -0.1) is 0 Å². The first-order valence-electron chi connectivity index (χ1n) is 5.34. The lowest BCUT2D eigenvalue weighted by molar-refractivity contribution is 0.238. The molecule has 2 fully saturated rings. The number of likely N-dealkylation sites (tertiary alicyclic amines) is 1. The fourth-order valence-electron chi connectivity index (χ4n) is 2.66. The van der Waals surface area contributed by atoms with Gasteiger partial charge in [-0.2, -0.15) is 0 Å². The molecule has 1 unspecified atom stereocenters. The highest BCUT2D eigenvalue weighted by Crippen LogP contribution is 2.27. The molecule has 2 heteroatoms. The van der Waals surface area contributed by atoms with E-state index >= 15 is 0 Å². The number of hydrogen-bond donors (Lipinski definition) is 1. The Bertz CT molecular complexity index is 141. The third kappa shape index (κ3) is 1.64. The van der Waals surface area contributed by atoms with Gasteiger partial charge >= 0.3 is 0 Å². The van der Waals surface area contributed by atoms with Crippen LogP contribution in [0, 0.1) is 5.92 Å². The average molecular weight is 168 g/mol. The molecule has 0 amide bonds. The van der Waals surface area contributed by atoms with E-state index in [4.69, 9.17) is 5.73 Å². The number of rotatable bonds is 2. The molecule has 1 aliphatic carbocycles. The van der Waals surface area contributed by atoms with Gasteiger partial charge in [0.1, 0.15) is 0 Å². The predicted molar refractivity (Wildman–Crippen MR) is 51.0 cm³/mol. The summed E-state index contributed by atoms with van der Waals surface area (Å²) < 4.78 is 0. The first-order chi connectivity index (χ1) is 5.90. The summed E-state index contributed by atoms with van der Waals surface area (Å²) in [5.74, 6) is 0.797. The van der Waals surface area contributed by atoms with Crippen LogP contribution >= 0.6 is 0 Å². The van der Waals surface area contributed by atoms with E-state index in [1.165, 1.54) is 45.2 Å². The molecule has 2 aliphatic rings. The van der Waals surface area contributed by atoms with E-state index in [0.29, 0.717) is 0 Å². The van der Waals surface area contributed by atoms with Crippen molar-refractivity contribution in [3.05, 3.63) is 0 Å². The molecule has 1 aliphatic heterocycles. The zero-order chi connectivity index (χ0) is 8.39. The molecular formula is C10H20N2. The van der Waals surface area contributed by atoms with E-state index in [2.05, 4.69) is 4.90 Å². The second-order valence-corrected chi connectivity index (χ2v) is 4.32. The lowest BCUT2D eigenvalue weighted by Gasteiger charge is -2.23. The molecule has 0 radical (unpaired) electrons. The predicted octanol–water partition coefficient (Wildman–Crippen LogP) is 1.21. The molecule has 2 rings (SSSR count). The Balaban J connectivity index is 1.81. The summed E-state index contributed by atoms with van der Waals surface area (Å²) in [5.41, 5.74) is 5.67. The zero-order valence-electron chi connectivity index (χ0n) is 7.84. The molecule has 2 nitrogen and oxygen atoms in total. The van der Waals surface area contributed by atoms with Crippen LogP contribution in [0.3, 0.4) is 0 Å². The van der Waals surface area contributed by atoms with E-state index in [9.17, 15) is 0 Å². The van der Waals surface area contributed by atoms with Gasteiger partial charge in [-0.3, -0.25) is 0 Å². The molecule has 2 N–H and O–H groups in total. The molecule has 1 saturated heterocycles. The lowest BCUT2D eigenvalue weighted by atomic mass is 10.1. The van der Waals surface area contributed by atoms with E-state index < -0.39 is 0 Å². The Morgan fingerprint density at radius 1 is 1.17 bits per heavy atom. The monoisotopic (exact) mass is 168 g/mol. The van der Waals surface area contributed by atoms with Crippen LogP contribution in [0.15, 0.2) is 0 Å². The molecule has 0 bridgehead atoms. The minimum Gasteiger partial charge on any atom is -0.330 e. The van der Waals surface area contributed by atoms with Crippen molar-refractivity contribution in [1.82, 2.24) is 4.90 Å². The quantitative estimate of drug-likeness (QED) is 0.671. The van der Waals surface area contributed by atoms with Crippen LogP contribution in [0.2, 0.25) is 0 Å². The fraction of sp³-hybridized carbons (Fsp3) is 1.00. The van der Waals surface area contributed by atoms with Gasteiger partial charge in [0.05, 0.1) is 0 Å². The van der Waals surface area contributed by atoms with Crippen molar-refractivity contribution < 1.29 is 0 Å². The van der Waals surface area contributed by atoms with E-state index in [0.717, 1.165) is 18.5 Å². The molecule has 0 spiro atoms. The van der Waals surface area contributed by atoms with Crippen molar-refractivity contribution in [3.8, 4) is 0 Å². The normalized spacial score (nSPS) is 33.2. The summed E-state index contributed by atoms with van der Waals surface area (Å²) >= 11 is 0. The molecule has 0 aromatic carbocycles. The Hall–Kier alpha value is -0.0800. The maximum absolute atomic E-state index is 5.67. The van der Waals surface area contributed by atoms with Gasteiger partial charge in [0.15, 0.2) is 0 Å². The van der Waals surface area contributed by atoms with Crippen molar-refractivity contribution >= 4 is 0 Å². The zero-order valence-corrected chi connectivity index (χ0v) is 7.84. The van der Waals surface area contributed by atoms with Crippen molar-refractivity contribution in [2.75, 3.05) is 19.6 Å². The molecule has 0 aromatic rings. The minimum absolute atomic E-state index is 0.797. The fourth-order valence-corrected chi connectivity index (χ4v) is 2.66. The summed E-state index contributed by atoms with van der Waals surface area (Å²) in [6.07, 6.45) is 7.13. The lowest BCUT2D eigenvalue weighted by Crippen LogP contribution is -2.31. The van der Waals surface area contributed by atoms with Crippen LogP contribution in [-0.2, 0) is 0 Å². The highest BCUT2D eigenvalue weighted by atomic mass is 15.2. The van der Waals surface area contributed by atoms with Crippen LogP contribution < -0.4 is 5.73 Å². The third-order valence-corrected chi connectivity index (χ3v) is 3.49. The number of hydrogen-bond acceptors (Lipinski definition) is 2. The second kappa shape index (κ2) is 3.75. The first kappa shape index (κ1) is 8.52. The summed E-state index contributed by atoms with van der Waals surface area (Å²) in [6, 6.07) is 0.918. The molecule has 1 atom stereocenters. The van der Waals surface area contributed by atoms with E-state index in [1.807, 2.05) is 0 Å². The molecule has 12 heavy (non-hydrogen) atoms. The molecule has 1 saturated carbocycles. The third-order valence-electron chi connectivity index (χ3n) is 3.49. The standard InChI is InChI=1S/C10H20N2/c11-7-9-5-6-12(8-9)10-3-1-2-4-10/h9-10H,1-8,11H2. The van der Waals surface area contributed by atoms with Crippen LogP contribution in [0.4, 0.5) is 0 Å². The van der Waals surface area contributed by atoms with Gasteiger partial charge in [-0.05, 0) is 38.3 Å². The van der Waals surface area contributed by atoms with Gasteiger partial charge in [-0.25, -0.2) is 0 Å². The van der Waals surface area contributed by atoms with Crippen LogP contribution in [-0.4, -0.2) is 30.6 Å². The topological polar surface area (TPSA) is 29.3 Å². The van der Waals surface area contributed by atoms with Crippen molar-refractivity contribution in [2.24, 2.45) is 11.7 Å². The summed E-state index contributed by atoms with van der Waals surface area (Å²) in [4.78, 5) is 2.67. The van der Waals surface area contributed by atoms with E-state index in [1.54, 1.807) is 0 Å². The second-order valence-electron chi connectivity index (χ2n) is 4.32. The van der Waals surface area contributed by atoms with Gasteiger partial charge in [0.2, 0.25) is 0 Å². The van der Waals surface area contributed by atoms with Gasteiger partial charge < -0.3 is 10.6 Å². The van der Waals surface area contributed by atoms with Crippen molar-refractivity contribution in [3.63, 3.8) is 0 Å². The maximum Gasteiger partial charge on any atom is 0.00953 e. The summed E-state index contributed by atoms with van der Waals surface area (Å²) in [5, 5.41) is 0. The van der Waals surface area contributed by atoms with Gasteiger partial charge in [0.25, 0.3) is 0 Å². The average Bonchev–Trinajstić information content (AvgIpc) is 2.75. The smallest absolute Gasteiger partial charge is 0.00953 e. The van der Waals surface area contributed by atoms with Crippen LogP contribution in [0.25, 0.3) is 0 Å². The number of nitrogens with two attached hydrogens (primary N) is 1. The van der Waals surface area contributed by atoms with Crippen LogP contribution in [0.5, 0.6) is 0 Å². The minimum atomic E-state index is 0.797. The van der Waals surface area contributed by atoms with Gasteiger partial charge in [-0.1, -0.05) is 12.8 Å². The highest BCUT2D eigenvalue weighted by molar-refractivity contribution is 4.84. The van der Waals surface area contributed by atoms with Crippen molar-refractivity contribution in [2.45, 2.75) is 38.1 Å². The van der Waals surface area contributed by atoms with Crippen LogP contribution in [0.1, 0.15) is 32.1 Å². The summed E-state index contributed by atoms with van der Waals surface area (Å²) in [6.45, 7) is 3.48. The molecular weight excluding hydrogens is 148 g/mol. The van der Waals surface area contributed by atoms with Crippen molar-refractivity contribution in [1.29, 1.82) is 0 Å². The first-order valence-corrected chi connectivity index (χ1v) is 5.34. The van der Waals surface area contributed by atoms with Gasteiger partial charge in [0, 0.05) is 12.6 Å². The molecule has 70 valence electrons. The largest absolute Gasteiger partial charge is 0.330 e. The Kier molecular flexibility index (Phi) is 2.66. The Morgan fingerprint density at radius 3 is 2.50 bits per heavy atom. The Labute approximate surface area is 75.1 Å². The van der Waals surface area contributed by atoms with E-state index in [-0.39, 0.29) is 0 Å². The SMILES string of the molecule is NCC1CCN(C2CCCC2)C1. The number of nitrogens with zero attached hydrogens (tertiary/aromatic N) is 1. The summed E-state index contributed by atoms with van der Waals surface area (Å²) in [7, 11) is 0. The maximum atomic E-state index is 5.67. The molecule has 0 aromatic heterocycles. The highest BCUT2D eigenvalue weighted by Gasteiger charge is 2.28. The Morgan fingerprint density at radius 2 is 1.92 bits per heavy atom.